The van der Waals surface area contributed by atoms with Crippen LogP contribution < -0.4 is 0 Å². The zero-order valence-electron chi connectivity index (χ0n) is 16.4. The van der Waals surface area contributed by atoms with Gasteiger partial charge in [-0.05, 0) is 55.8 Å². The number of hydrogen-bond acceptors (Lipinski definition) is 5. The number of aromatic nitrogens is 5. The molecule has 1 N–H and O–H groups in total. The van der Waals surface area contributed by atoms with Crippen LogP contribution in [0.2, 0.25) is 0 Å². The van der Waals surface area contributed by atoms with Crippen molar-refractivity contribution in [1.29, 1.82) is 0 Å². The van der Waals surface area contributed by atoms with E-state index in [1.54, 1.807) is 16.8 Å². The molecule has 1 aliphatic rings. The molecule has 0 amide bonds. The molecule has 0 saturated carbocycles. The van der Waals surface area contributed by atoms with E-state index in [9.17, 15) is 5.11 Å². The monoisotopic (exact) mass is 384 g/mol. The van der Waals surface area contributed by atoms with Gasteiger partial charge in [0.1, 0.15) is 17.6 Å². The minimum atomic E-state index is -0.158. The molecule has 0 spiro atoms. The maximum Gasteiger partial charge on any atom is 0.162 e. The first-order valence-corrected chi connectivity index (χ1v) is 9.44. The Balaban J connectivity index is 1.78. The molecular formula is C22H20N6O. The molecule has 7 nitrogen and oxygen atoms in total. The van der Waals surface area contributed by atoms with Gasteiger partial charge in [-0.1, -0.05) is 6.07 Å². The Kier molecular flexibility index (Phi) is 3.84. The highest BCUT2D eigenvalue weighted by atomic mass is 16.3. The first kappa shape index (κ1) is 17.4. The Morgan fingerprint density at radius 3 is 2.45 bits per heavy atom. The minimum Gasteiger partial charge on any atom is -0.508 e. The Hall–Kier alpha value is -3.74. The van der Waals surface area contributed by atoms with E-state index in [2.05, 4.69) is 38.1 Å². The van der Waals surface area contributed by atoms with Crippen LogP contribution in [0.4, 0.5) is 0 Å². The van der Waals surface area contributed by atoms with Crippen LogP contribution in [0.25, 0.3) is 16.8 Å². The largest absolute Gasteiger partial charge is 0.508 e. The Morgan fingerprint density at radius 1 is 0.966 bits per heavy atom. The van der Waals surface area contributed by atoms with Crippen molar-refractivity contribution >= 4 is 5.71 Å². The smallest absolute Gasteiger partial charge is 0.162 e. The van der Waals surface area contributed by atoms with Crippen molar-refractivity contribution in [3.05, 3.63) is 77.6 Å². The van der Waals surface area contributed by atoms with Gasteiger partial charge in [0.25, 0.3) is 0 Å². The van der Waals surface area contributed by atoms with Gasteiger partial charge in [0.15, 0.2) is 5.82 Å². The summed E-state index contributed by atoms with van der Waals surface area (Å²) in [6.07, 6.45) is 3.85. The van der Waals surface area contributed by atoms with Gasteiger partial charge in [-0.3, -0.25) is 14.2 Å². The molecule has 0 aliphatic carbocycles. The topological polar surface area (TPSA) is 81.1 Å². The Morgan fingerprint density at radius 2 is 1.72 bits per heavy atom. The van der Waals surface area contributed by atoms with Crippen LogP contribution in [0.3, 0.4) is 0 Å². The SMILES string of the molecule is Cc1nnc2n1-c1ccc(-c3cnn(C)c3)cc1C(c1ccc(O)cc1)=N[C@H]2C. The number of phenols is 1. The molecule has 0 bridgehead atoms. The van der Waals surface area contributed by atoms with E-state index >= 15 is 0 Å². The number of aliphatic imine (C=N–C) groups is 1. The predicted molar refractivity (Wildman–Crippen MR) is 110 cm³/mol. The number of aromatic hydroxyl groups is 1. The maximum absolute atomic E-state index is 9.73. The van der Waals surface area contributed by atoms with Crippen LogP contribution in [-0.4, -0.2) is 35.4 Å². The summed E-state index contributed by atoms with van der Waals surface area (Å²) in [5, 5.41) is 22.7. The van der Waals surface area contributed by atoms with Gasteiger partial charge in [0.2, 0.25) is 0 Å². The van der Waals surface area contributed by atoms with E-state index in [0.717, 1.165) is 45.3 Å². The van der Waals surface area contributed by atoms with Crippen molar-refractivity contribution in [1.82, 2.24) is 24.5 Å². The molecule has 7 heteroatoms. The summed E-state index contributed by atoms with van der Waals surface area (Å²) in [6, 6.07) is 13.3. The molecule has 3 heterocycles. The lowest BCUT2D eigenvalue weighted by atomic mass is 9.96. The molecule has 5 rings (SSSR count). The lowest BCUT2D eigenvalue weighted by Gasteiger charge is -2.14. The third kappa shape index (κ3) is 2.82. The zero-order valence-corrected chi connectivity index (χ0v) is 16.4. The third-order valence-corrected chi connectivity index (χ3v) is 5.22. The molecule has 29 heavy (non-hydrogen) atoms. The fourth-order valence-corrected chi connectivity index (χ4v) is 3.79. The fourth-order valence-electron chi connectivity index (χ4n) is 3.79. The summed E-state index contributed by atoms with van der Waals surface area (Å²) < 4.78 is 3.87. The first-order valence-electron chi connectivity index (χ1n) is 9.44. The van der Waals surface area contributed by atoms with Gasteiger partial charge in [-0.15, -0.1) is 10.2 Å². The molecule has 0 fully saturated rings. The van der Waals surface area contributed by atoms with Crippen LogP contribution in [0.5, 0.6) is 5.75 Å². The minimum absolute atomic E-state index is 0.158. The molecule has 0 saturated heterocycles. The van der Waals surface area contributed by atoms with E-state index in [1.165, 1.54) is 0 Å². The van der Waals surface area contributed by atoms with Gasteiger partial charge in [-0.2, -0.15) is 5.10 Å². The number of rotatable bonds is 2. The summed E-state index contributed by atoms with van der Waals surface area (Å²) in [6.45, 7) is 3.97. The van der Waals surface area contributed by atoms with Crippen molar-refractivity contribution in [3.63, 3.8) is 0 Å². The van der Waals surface area contributed by atoms with Gasteiger partial charge < -0.3 is 5.11 Å². The molecule has 4 aromatic rings. The highest BCUT2D eigenvalue weighted by Gasteiger charge is 2.26. The second kappa shape index (κ2) is 6.41. The first-order chi connectivity index (χ1) is 14.0. The van der Waals surface area contributed by atoms with Crippen molar-refractivity contribution in [2.45, 2.75) is 19.9 Å². The average molecular weight is 384 g/mol. The van der Waals surface area contributed by atoms with Crippen LogP contribution >= 0.6 is 0 Å². The molecule has 2 aromatic carbocycles. The third-order valence-electron chi connectivity index (χ3n) is 5.22. The molecule has 1 atom stereocenters. The number of benzene rings is 2. The molecular weight excluding hydrogens is 364 g/mol. The molecule has 0 radical (unpaired) electrons. The standard InChI is InChI=1S/C22H20N6O/c1-13-22-26-25-14(2)28(22)20-9-6-16(17-11-23-27(3)12-17)10-19(20)21(24-13)15-4-7-18(29)8-5-15/h4-13,29H,1-3H3/t13-/m0/s1. The Bertz CT molecular complexity index is 1250. The van der Waals surface area contributed by atoms with E-state index in [1.807, 2.05) is 45.4 Å². The fraction of sp³-hybridized carbons (Fsp3) is 0.182. The second-order valence-corrected chi connectivity index (χ2v) is 7.28. The number of aryl methyl sites for hydroxylation is 2. The number of hydrogen-bond donors (Lipinski definition) is 1. The normalized spacial score (nSPS) is 15.4. The van der Waals surface area contributed by atoms with Gasteiger partial charge in [0, 0.05) is 29.9 Å². The number of phenolic OH excluding ortho intramolecular Hbond substituents is 1. The summed E-state index contributed by atoms with van der Waals surface area (Å²) in [5.74, 6) is 1.87. The lowest BCUT2D eigenvalue weighted by molar-refractivity contribution is 0.475. The van der Waals surface area contributed by atoms with Crippen molar-refractivity contribution in [2.24, 2.45) is 12.0 Å². The summed E-state index contributed by atoms with van der Waals surface area (Å²) in [5.41, 5.74) is 5.89. The van der Waals surface area contributed by atoms with E-state index in [4.69, 9.17) is 4.99 Å². The Labute approximate surface area is 168 Å². The highest BCUT2D eigenvalue weighted by Crippen LogP contribution is 2.33. The van der Waals surface area contributed by atoms with Gasteiger partial charge in [0.05, 0.1) is 17.6 Å². The van der Waals surface area contributed by atoms with Crippen molar-refractivity contribution < 1.29 is 5.11 Å². The molecule has 1 aliphatic heterocycles. The summed E-state index contributed by atoms with van der Waals surface area (Å²) in [7, 11) is 1.91. The van der Waals surface area contributed by atoms with Gasteiger partial charge >= 0.3 is 0 Å². The number of fused-ring (bicyclic) bond motifs is 3. The van der Waals surface area contributed by atoms with Crippen LogP contribution in [0.15, 0.2) is 59.9 Å². The summed E-state index contributed by atoms with van der Waals surface area (Å²) in [4.78, 5) is 5.00. The van der Waals surface area contributed by atoms with E-state index < -0.39 is 0 Å². The van der Waals surface area contributed by atoms with Crippen LogP contribution in [-0.2, 0) is 7.05 Å². The summed E-state index contributed by atoms with van der Waals surface area (Å²) >= 11 is 0. The molecule has 0 unspecified atom stereocenters. The van der Waals surface area contributed by atoms with Crippen molar-refractivity contribution in [3.8, 4) is 22.6 Å². The highest BCUT2D eigenvalue weighted by molar-refractivity contribution is 6.15. The van der Waals surface area contributed by atoms with Gasteiger partial charge in [-0.25, -0.2) is 0 Å². The van der Waals surface area contributed by atoms with E-state index in [-0.39, 0.29) is 11.8 Å². The van der Waals surface area contributed by atoms with Crippen LogP contribution in [0, 0.1) is 6.92 Å². The second-order valence-electron chi connectivity index (χ2n) is 7.28. The number of nitrogens with zero attached hydrogens (tertiary/aromatic N) is 6. The molecule has 2 aromatic heterocycles. The van der Waals surface area contributed by atoms with E-state index in [0.29, 0.717) is 0 Å². The predicted octanol–water partition coefficient (Wildman–Crippen LogP) is 3.59. The maximum atomic E-state index is 9.73. The zero-order chi connectivity index (χ0) is 20.1. The molecule has 144 valence electrons. The van der Waals surface area contributed by atoms with Crippen molar-refractivity contribution in [2.75, 3.05) is 0 Å². The lowest BCUT2D eigenvalue weighted by Crippen LogP contribution is -2.08. The quantitative estimate of drug-likeness (QED) is 0.573. The van der Waals surface area contributed by atoms with Crippen LogP contribution in [0.1, 0.15) is 35.7 Å². The average Bonchev–Trinajstić information content (AvgIpc) is 3.29.